The molecule has 0 fully saturated rings. The first-order valence-corrected chi connectivity index (χ1v) is 7.76. The number of hydrogen-bond acceptors (Lipinski definition) is 4. The Balaban J connectivity index is 1.82. The van der Waals surface area contributed by atoms with E-state index in [1.165, 1.54) is 12.1 Å². The lowest BCUT2D eigenvalue weighted by atomic mass is 10.2. The molecule has 7 heteroatoms. The largest absolute Gasteiger partial charge is 0.338 e. The maximum atomic E-state index is 12.9. The van der Waals surface area contributed by atoms with Gasteiger partial charge in [-0.15, -0.1) is 0 Å². The van der Waals surface area contributed by atoms with Gasteiger partial charge in [-0.05, 0) is 42.8 Å². The van der Waals surface area contributed by atoms with E-state index in [2.05, 4.69) is 25.6 Å². The maximum Gasteiger partial charge on any atom is 0.320 e. The van der Waals surface area contributed by atoms with E-state index in [4.69, 9.17) is 0 Å². The highest BCUT2D eigenvalue weighted by molar-refractivity contribution is 5.89. The van der Waals surface area contributed by atoms with Gasteiger partial charge >= 0.3 is 6.03 Å². The first-order chi connectivity index (χ1) is 12.1. The monoisotopic (exact) mass is 337 g/mol. The number of rotatable bonds is 4. The molecule has 0 aliphatic carbocycles. The van der Waals surface area contributed by atoms with Gasteiger partial charge in [-0.2, -0.15) is 0 Å². The SMILES string of the molecule is CCNC(=O)Nc1ccc2ncc(/C=C/c3ccc(F)cc3)nc2n1. The van der Waals surface area contributed by atoms with Crippen molar-refractivity contribution < 1.29 is 9.18 Å². The van der Waals surface area contributed by atoms with E-state index in [0.717, 1.165) is 5.56 Å². The third-order valence-electron chi connectivity index (χ3n) is 3.32. The van der Waals surface area contributed by atoms with Crippen LogP contribution in [0, 0.1) is 5.82 Å². The first kappa shape index (κ1) is 16.5. The molecular formula is C18H16FN5O. The van der Waals surface area contributed by atoms with E-state index in [0.29, 0.717) is 29.2 Å². The minimum atomic E-state index is -0.324. The number of aromatic nitrogens is 3. The summed E-state index contributed by atoms with van der Waals surface area (Å²) in [4.78, 5) is 24.6. The van der Waals surface area contributed by atoms with Gasteiger partial charge in [0, 0.05) is 6.54 Å². The van der Waals surface area contributed by atoms with Crippen LogP contribution in [-0.4, -0.2) is 27.5 Å². The topological polar surface area (TPSA) is 79.8 Å². The van der Waals surface area contributed by atoms with Gasteiger partial charge in [0.25, 0.3) is 0 Å². The van der Waals surface area contributed by atoms with Gasteiger partial charge in [0.15, 0.2) is 5.65 Å². The predicted octanol–water partition coefficient (Wildman–Crippen LogP) is 3.48. The summed E-state index contributed by atoms with van der Waals surface area (Å²) in [6.45, 7) is 2.36. The second kappa shape index (κ2) is 7.48. The van der Waals surface area contributed by atoms with Crippen LogP contribution < -0.4 is 10.6 Å². The molecule has 1 aromatic carbocycles. The third-order valence-corrected chi connectivity index (χ3v) is 3.32. The average molecular weight is 337 g/mol. The molecule has 2 aromatic heterocycles. The maximum absolute atomic E-state index is 12.9. The summed E-state index contributed by atoms with van der Waals surface area (Å²) < 4.78 is 12.9. The van der Waals surface area contributed by atoms with E-state index in [1.54, 1.807) is 36.5 Å². The van der Waals surface area contributed by atoms with Crippen molar-refractivity contribution in [3.63, 3.8) is 0 Å². The molecule has 25 heavy (non-hydrogen) atoms. The fourth-order valence-corrected chi connectivity index (χ4v) is 2.14. The van der Waals surface area contributed by atoms with Gasteiger partial charge in [0.2, 0.25) is 0 Å². The minimum Gasteiger partial charge on any atom is -0.338 e. The van der Waals surface area contributed by atoms with Crippen LogP contribution in [0.4, 0.5) is 15.0 Å². The van der Waals surface area contributed by atoms with Crippen molar-refractivity contribution in [3.05, 3.63) is 59.7 Å². The van der Waals surface area contributed by atoms with Gasteiger partial charge in [-0.1, -0.05) is 18.2 Å². The number of nitrogens with one attached hydrogen (secondary N) is 2. The molecule has 0 aliphatic heterocycles. The molecule has 2 N–H and O–H groups in total. The Bertz CT molecular complexity index is 924. The summed E-state index contributed by atoms with van der Waals surface area (Å²) >= 11 is 0. The number of hydrogen-bond donors (Lipinski definition) is 2. The fraction of sp³-hybridized carbons (Fsp3) is 0.111. The molecule has 6 nitrogen and oxygen atoms in total. The lowest BCUT2D eigenvalue weighted by molar-refractivity contribution is 0.252. The molecule has 0 spiro atoms. The van der Waals surface area contributed by atoms with E-state index in [-0.39, 0.29) is 11.8 Å². The van der Waals surface area contributed by atoms with Crippen LogP contribution in [0.15, 0.2) is 42.6 Å². The van der Waals surface area contributed by atoms with Crippen LogP contribution in [0.25, 0.3) is 23.3 Å². The molecule has 3 aromatic rings. The zero-order chi connectivity index (χ0) is 17.6. The number of amides is 2. The highest BCUT2D eigenvalue weighted by Crippen LogP contribution is 2.13. The van der Waals surface area contributed by atoms with Crippen molar-refractivity contribution in [1.29, 1.82) is 0 Å². The van der Waals surface area contributed by atoms with Crippen molar-refractivity contribution in [2.45, 2.75) is 6.92 Å². The molecule has 0 aliphatic rings. The van der Waals surface area contributed by atoms with Crippen LogP contribution >= 0.6 is 0 Å². The second-order valence-electron chi connectivity index (χ2n) is 5.20. The minimum absolute atomic E-state index is 0.279. The molecule has 3 rings (SSSR count). The number of urea groups is 1. The standard InChI is InChI=1S/C18H16FN5O/c1-2-20-18(25)24-16-10-9-15-17(23-16)22-14(11-21-15)8-5-12-3-6-13(19)7-4-12/h3-11H,2H2,1H3,(H2,20,22,23,24,25)/b8-5+. The number of nitrogens with zero attached hydrogens (tertiary/aromatic N) is 3. The predicted molar refractivity (Wildman–Crippen MR) is 95.4 cm³/mol. The Morgan fingerprint density at radius 2 is 1.92 bits per heavy atom. The van der Waals surface area contributed by atoms with E-state index in [1.807, 2.05) is 13.0 Å². The number of carbonyl (C=O) groups excluding carboxylic acids is 1. The summed E-state index contributed by atoms with van der Waals surface area (Å²) in [7, 11) is 0. The van der Waals surface area contributed by atoms with Gasteiger partial charge < -0.3 is 5.32 Å². The number of carbonyl (C=O) groups is 1. The van der Waals surface area contributed by atoms with E-state index < -0.39 is 0 Å². The van der Waals surface area contributed by atoms with Crippen LogP contribution in [-0.2, 0) is 0 Å². The van der Waals surface area contributed by atoms with Gasteiger partial charge in [-0.3, -0.25) is 10.3 Å². The lowest BCUT2D eigenvalue weighted by Gasteiger charge is -2.05. The highest BCUT2D eigenvalue weighted by atomic mass is 19.1. The molecular weight excluding hydrogens is 321 g/mol. The fourth-order valence-electron chi connectivity index (χ4n) is 2.14. The van der Waals surface area contributed by atoms with Gasteiger partial charge in [-0.25, -0.2) is 19.2 Å². The first-order valence-electron chi connectivity index (χ1n) is 7.76. The second-order valence-corrected chi connectivity index (χ2v) is 5.20. The third kappa shape index (κ3) is 4.35. The Kier molecular flexibility index (Phi) is 4.94. The van der Waals surface area contributed by atoms with Crippen molar-refractivity contribution in [2.75, 3.05) is 11.9 Å². The van der Waals surface area contributed by atoms with Gasteiger partial charge in [0.1, 0.15) is 17.2 Å². The molecule has 0 unspecified atom stereocenters. The molecule has 2 amide bonds. The molecule has 2 heterocycles. The molecule has 0 radical (unpaired) electrons. The molecule has 0 atom stereocenters. The number of halogens is 1. The smallest absolute Gasteiger partial charge is 0.320 e. The van der Waals surface area contributed by atoms with E-state index >= 15 is 0 Å². The molecule has 0 bridgehead atoms. The Labute approximate surface area is 143 Å². The quantitative estimate of drug-likeness (QED) is 0.764. The van der Waals surface area contributed by atoms with Gasteiger partial charge in [0.05, 0.1) is 11.9 Å². The average Bonchev–Trinajstić information content (AvgIpc) is 2.61. The number of anilines is 1. The highest BCUT2D eigenvalue weighted by Gasteiger charge is 2.05. The normalized spacial score (nSPS) is 11.0. The lowest BCUT2D eigenvalue weighted by Crippen LogP contribution is -2.28. The Morgan fingerprint density at radius 3 is 2.68 bits per heavy atom. The van der Waals surface area contributed by atoms with Crippen molar-refractivity contribution in [1.82, 2.24) is 20.3 Å². The Morgan fingerprint density at radius 1 is 1.12 bits per heavy atom. The van der Waals surface area contributed by atoms with Crippen molar-refractivity contribution in [2.24, 2.45) is 0 Å². The summed E-state index contributed by atoms with van der Waals surface area (Å²) in [5.74, 6) is 0.117. The van der Waals surface area contributed by atoms with E-state index in [9.17, 15) is 9.18 Å². The molecule has 126 valence electrons. The summed E-state index contributed by atoms with van der Waals surface area (Å²) in [5.41, 5.74) is 2.51. The number of pyridine rings is 1. The zero-order valence-corrected chi connectivity index (χ0v) is 13.5. The molecule has 0 saturated heterocycles. The van der Waals surface area contributed by atoms with Crippen LogP contribution in [0.2, 0.25) is 0 Å². The summed E-state index contributed by atoms with van der Waals surface area (Å²) in [5, 5.41) is 5.27. The number of fused-ring (bicyclic) bond motifs is 1. The number of benzene rings is 1. The Hall–Kier alpha value is -3.35. The van der Waals surface area contributed by atoms with Crippen LogP contribution in [0.5, 0.6) is 0 Å². The summed E-state index contributed by atoms with van der Waals surface area (Å²) in [6, 6.07) is 9.22. The summed E-state index contributed by atoms with van der Waals surface area (Å²) in [6.07, 6.45) is 5.21. The zero-order valence-electron chi connectivity index (χ0n) is 13.5. The molecule has 0 saturated carbocycles. The van der Waals surface area contributed by atoms with Crippen LogP contribution in [0.3, 0.4) is 0 Å². The van der Waals surface area contributed by atoms with Crippen LogP contribution in [0.1, 0.15) is 18.2 Å². The van der Waals surface area contributed by atoms with Crippen molar-refractivity contribution >= 4 is 35.2 Å². The van der Waals surface area contributed by atoms with Crippen molar-refractivity contribution in [3.8, 4) is 0 Å².